The number of benzene rings is 1. The molecular formula is C12H13BrN2OS. The Morgan fingerprint density at radius 2 is 2.35 bits per heavy atom. The number of halogens is 1. The molecule has 0 aliphatic rings. The predicted octanol–water partition coefficient (Wildman–Crippen LogP) is 3.50. The molecule has 1 atom stereocenters. The molecule has 90 valence electrons. The zero-order valence-corrected chi connectivity index (χ0v) is 11.8. The van der Waals surface area contributed by atoms with Crippen LogP contribution in [0, 0.1) is 0 Å². The highest BCUT2D eigenvalue weighted by Gasteiger charge is 2.09. The van der Waals surface area contributed by atoms with E-state index >= 15 is 0 Å². The van der Waals surface area contributed by atoms with Crippen molar-refractivity contribution in [2.45, 2.75) is 19.6 Å². The number of hydrogen-bond donors (Lipinski definition) is 1. The van der Waals surface area contributed by atoms with Crippen LogP contribution in [-0.4, -0.2) is 4.98 Å². The van der Waals surface area contributed by atoms with Gasteiger partial charge in [0, 0.05) is 27.7 Å². The van der Waals surface area contributed by atoms with Crippen molar-refractivity contribution in [2.24, 2.45) is 5.73 Å². The van der Waals surface area contributed by atoms with Crippen LogP contribution in [0.1, 0.15) is 23.5 Å². The zero-order valence-electron chi connectivity index (χ0n) is 9.39. The molecule has 1 aromatic heterocycles. The van der Waals surface area contributed by atoms with E-state index in [9.17, 15) is 0 Å². The first-order valence-corrected chi connectivity index (χ1v) is 6.90. The van der Waals surface area contributed by atoms with Crippen LogP contribution in [0.5, 0.6) is 5.75 Å². The number of aromatic nitrogens is 1. The third-order valence-electron chi connectivity index (χ3n) is 2.30. The molecule has 1 heterocycles. The highest BCUT2D eigenvalue weighted by molar-refractivity contribution is 9.10. The molecule has 0 bridgehead atoms. The summed E-state index contributed by atoms with van der Waals surface area (Å²) in [7, 11) is 0. The summed E-state index contributed by atoms with van der Waals surface area (Å²) in [5.41, 5.74) is 6.91. The second-order valence-electron chi connectivity index (χ2n) is 3.69. The van der Waals surface area contributed by atoms with Gasteiger partial charge in [0.25, 0.3) is 0 Å². The van der Waals surface area contributed by atoms with Crippen molar-refractivity contribution in [1.29, 1.82) is 0 Å². The molecule has 0 radical (unpaired) electrons. The first-order chi connectivity index (χ1) is 8.16. The third kappa shape index (κ3) is 3.28. The van der Waals surface area contributed by atoms with E-state index in [4.69, 9.17) is 10.5 Å². The van der Waals surface area contributed by atoms with E-state index in [0.717, 1.165) is 20.8 Å². The Balaban J connectivity index is 2.16. The number of ether oxygens (including phenoxy) is 1. The maximum Gasteiger partial charge on any atom is 0.140 e. The number of thiazole rings is 1. The van der Waals surface area contributed by atoms with Crippen molar-refractivity contribution < 1.29 is 4.74 Å². The third-order valence-corrected chi connectivity index (χ3v) is 3.55. The Hall–Kier alpha value is -0.910. The Bertz CT molecular complexity index is 485. The Kier molecular flexibility index (Phi) is 4.15. The van der Waals surface area contributed by atoms with Gasteiger partial charge in [-0.1, -0.05) is 22.0 Å². The molecule has 0 saturated carbocycles. The van der Waals surface area contributed by atoms with Gasteiger partial charge < -0.3 is 10.5 Å². The summed E-state index contributed by atoms with van der Waals surface area (Å²) in [5.74, 6) is 0.810. The Morgan fingerprint density at radius 3 is 3.00 bits per heavy atom. The maximum atomic E-state index is 5.91. The number of hydrogen-bond acceptors (Lipinski definition) is 4. The molecule has 17 heavy (non-hydrogen) atoms. The van der Waals surface area contributed by atoms with Crippen molar-refractivity contribution in [1.82, 2.24) is 4.98 Å². The quantitative estimate of drug-likeness (QED) is 0.940. The van der Waals surface area contributed by atoms with E-state index in [1.54, 1.807) is 17.5 Å². The second-order valence-corrected chi connectivity index (χ2v) is 5.58. The van der Waals surface area contributed by atoms with Gasteiger partial charge in [0.2, 0.25) is 0 Å². The fourth-order valence-electron chi connectivity index (χ4n) is 1.47. The van der Waals surface area contributed by atoms with Crippen LogP contribution in [0.3, 0.4) is 0 Å². The van der Waals surface area contributed by atoms with Crippen molar-refractivity contribution >= 4 is 27.3 Å². The molecule has 1 unspecified atom stereocenters. The summed E-state index contributed by atoms with van der Waals surface area (Å²) >= 11 is 5.01. The van der Waals surface area contributed by atoms with Crippen LogP contribution in [0.4, 0.5) is 0 Å². The average molecular weight is 313 g/mol. The van der Waals surface area contributed by atoms with Gasteiger partial charge in [0.05, 0.1) is 0 Å². The van der Waals surface area contributed by atoms with Crippen molar-refractivity contribution in [2.75, 3.05) is 0 Å². The first-order valence-electron chi connectivity index (χ1n) is 5.23. The molecule has 1 aromatic carbocycles. The second kappa shape index (κ2) is 5.62. The largest absolute Gasteiger partial charge is 0.486 e. The van der Waals surface area contributed by atoms with Gasteiger partial charge in [-0.15, -0.1) is 11.3 Å². The number of nitrogens with two attached hydrogens (primary N) is 1. The molecule has 0 saturated heterocycles. The molecule has 0 aliphatic carbocycles. The van der Waals surface area contributed by atoms with Crippen LogP contribution < -0.4 is 10.5 Å². The Morgan fingerprint density at radius 1 is 1.53 bits per heavy atom. The Labute approximate surface area is 113 Å². The van der Waals surface area contributed by atoms with Gasteiger partial charge >= 0.3 is 0 Å². The lowest BCUT2D eigenvalue weighted by Gasteiger charge is -2.13. The monoisotopic (exact) mass is 312 g/mol. The van der Waals surface area contributed by atoms with Crippen molar-refractivity contribution in [3.8, 4) is 5.75 Å². The molecule has 2 N–H and O–H groups in total. The summed E-state index contributed by atoms with van der Waals surface area (Å²) in [6, 6.07) is 5.84. The lowest BCUT2D eigenvalue weighted by atomic mass is 10.1. The summed E-state index contributed by atoms with van der Waals surface area (Å²) in [5, 5.41) is 2.90. The fraction of sp³-hybridized carbons (Fsp3) is 0.250. The van der Waals surface area contributed by atoms with Crippen molar-refractivity contribution in [3.05, 3.63) is 44.8 Å². The van der Waals surface area contributed by atoms with Crippen LogP contribution in [0.2, 0.25) is 0 Å². The van der Waals surface area contributed by atoms with E-state index in [1.165, 1.54) is 0 Å². The highest BCUT2D eigenvalue weighted by atomic mass is 79.9. The van der Waals surface area contributed by atoms with E-state index in [1.807, 2.05) is 30.5 Å². The maximum absolute atomic E-state index is 5.91. The first kappa shape index (κ1) is 12.5. The normalized spacial score (nSPS) is 12.4. The van der Waals surface area contributed by atoms with Crippen LogP contribution in [0.15, 0.2) is 34.2 Å². The minimum Gasteiger partial charge on any atom is -0.486 e. The minimum absolute atomic E-state index is 0.0469. The van der Waals surface area contributed by atoms with Crippen LogP contribution in [-0.2, 0) is 6.61 Å². The van der Waals surface area contributed by atoms with Gasteiger partial charge in [-0.3, -0.25) is 0 Å². The molecular weight excluding hydrogens is 300 g/mol. The highest BCUT2D eigenvalue weighted by Crippen LogP contribution is 2.28. The molecule has 5 heteroatoms. The van der Waals surface area contributed by atoms with Gasteiger partial charge in [-0.05, 0) is 19.1 Å². The van der Waals surface area contributed by atoms with Crippen molar-refractivity contribution in [3.63, 3.8) is 0 Å². The summed E-state index contributed by atoms with van der Waals surface area (Å²) in [6.45, 7) is 2.42. The lowest BCUT2D eigenvalue weighted by molar-refractivity contribution is 0.300. The molecule has 3 nitrogen and oxygen atoms in total. The van der Waals surface area contributed by atoms with Gasteiger partial charge in [0.15, 0.2) is 0 Å². The number of nitrogens with zero attached hydrogens (tertiary/aromatic N) is 1. The molecule has 0 fully saturated rings. The predicted molar refractivity (Wildman–Crippen MR) is 73.2 cm³/mol. The van der Waals surface area contributed by atoms with E-state index in [0.29, 0.717) is 6.61 Å². The van der Waals surface area contributed by atoms with E-state index in [-0.39, 0.29) is 6.04 Å². The van der Waals surface area contributed by atoms with Gasteiger partial charge in [-0.2, -0.15) is 0 Å². The molecule has 0 aliphatic heterocycles. The molecule has 0 spiro atoms. The summed E-state index contributed by atoms with van der Waals surface area (Å²) in [4.78, 5) is 4.18. The standard InChI is InChI=1S/C12H13BrN2OS/c1-8(14)10-3-2-9(13)6-11(10)16-7-12-15-4-5-17-12/h2-6,8H,7,14H2,1H3. The number of rotatable bonds is 4. The molecule has 0 amide bonds. The van der Waals surface area contributed by atoms with Crippen LogP contribution in [0.25, 0.3) is 0 Å². The minimum atomic E-state index is -0.0469. The average Bonchev–Trinajstić information content (AvgIpc) is 2.78. The van der Waals surface area contributed by atoms with Crippen LogP contribution >= 0.6 is 27.3 Å². The fourth-order valence-corrected chi connectivity index (χ4v) is 2.34. The SMILES string of the molecule is CC(N)c1ccc(Br)cc1OCc1nccs1. The van der Waals surface area contributed by atoms with Gasteiger partial charge in [0.1, 0.15) is 17.4 Å². The van der Waals surface area contributed by atoms with E-state index in [2.05, 4.69) is 20.9 Å². The topological polar surface area (TPSA) is 48.1 Å². The van der Waals surface area contributed by atoms with Gasteiger partial charge in [-0.25, -0.2) is 4.98 Å². The summed E-state index contributed by atoms with van der Waals surface area (Å²) < 4.78 is 6.74. The zero-order chi connectivity index (χ0) is 12.3. The van der Waals surface area contributed by atoms with E-state index < -0.39 is 0 Å². The smallest absolute Gasteiger partial charge is 0.140 e. The molecule has 2 rings (SSSR count). The summed E-state index contributed by atoms with van der Waals surface area (Å²) in [6.07, 6.45) is 1.77. The molecule has 2 aromatic rings. The lowest BCUT2D eigenvalue weighted by Crippen LogP contribution is -2.08.